The van der Waals surface area contributed by atoms with Crippen molar-refractivity contribution in [1.29, 1.82) is 0 Å². The predicted molar refractivity (Wildman–Crippen MR) is 72.1 cm³/mol. The normalized spacial score (nSPS) is 11.0. The second-order valence-electron chi connectivity index (χ2n) is 4.67. The van der Waals surface area contributed by atoms with E-state index in [1.807, 2.05) is 7.05 Å². The van der Waals surface area contributed by atoms with Crippen LogP contribution >= 0.6 is 0 Å². The van der Waals surface area contributed by atoms with Crippen molar-refractivity contribution in [3.05, 3.63) is 29.6 Å². The third-order valence-electron chi connectivity index (χ3n) is 2.93. The van der Waals surface area contributed by atoms with Crippen LogP contribution < -0.4 is 5.46 Å². The van der Waals surface area contributed by atoms with E-state index in [1.54, 1.807) is 6.07 Å². The second kappa shape index (κ2) is 7.51. The van der Waals surface area contributed by atoms with Gasteiger partial charge in [0.1, 0.15) is 5.82 Å². The van der Waals surface area contributed by atoms with E-state index in [-0.39, 0.29) is 5.46 Å². The lowest BCUT2D eigenvalue weighted by Crippen LogP contribution is -2.33. The van der Waals surface area contributed by atoms with Crippen LogP contribution in [0.2, 0.25) is 0 Å². The molecule has 0 unspecified atom stereocenters. The molecule has 1 aromatic carbocycles. The van der Waals surface area contributed by atoms with Crippen molar-refractivity contribution in [2.45, 2.75) is 32.7 Å². The highest BCUT2D eigenvalue weighted by Gasteiger charge is 2.17. The van der Waals surface area contributed by atoms with Gasteiger partial charge in [0.2, 0.25) is 0 Å². The average Bonchev–Trinajstić information content (AvgIpc) is 2.31. The van der Waals surface area contributed by atoms with Crippen molar-refractivity contribution in [3.8, 4) is 0 Å². The molecule has 0 saturated heterocycles. The highest BCUT2D eigenvalue weighted by atomic mass is 19.1. The minimum absolute atomic E-state index is 0.0607. The van der Waals surface area contributed by atoms with Crippen LogP contribution in [-0.4, -0.2) is 35.7 Å². The van der Waals surface area contributed by atoms with Gasteiger partial charge in [-0.15, -0.1) is 0 Å². The summed E-state index contributed by atoms with van der Waals surface area (Å²) in [6, 6.07) is 4.47. The van der Waals surface area contributed by atoms with Gasteiger partial charge in [-0.05, 0) is 31.6 Å². The first-order valence-electron chi connectivity index (χ1n) is 6.37. The molecule has 1 aromatic rings. The summed E-state index contributed by atoms with van der Waals surface area (Å²) >= 11 is 0. The molecule has 0 fully saturated rings. The summed E-state index contributed by atoms with van der Waals surface area (Å²) in [6.45, 7) is 3.83. The van der Waals surface area contributed by atoms with Crippen molar-refractivity contribution in [2.24, 2.45) is 0 Å². The fraction of sp³-hybridized carbons (Fsp3) is 0.538. The lowest BCUT2D eigenvalue weighted by Gasteiger charge is -2.17. The number of unbranched alkanes of at least 4 members (excludes halogenated alkanes) is 2. The van der Waals surface area contributed by atoms with Crippen LogP contribution in [0, 0.1) is 5.82 Å². The van der Waals surface area contributed by atoms with E-state index in [2.05, 4.69) is 11.8 Å². The highest BCUT2D eigenvalue weighted by Crippen LogP contribution is 2.06. The minimum atomic E-state index is -1.75. The number of hydrogen-bond donors (Lipinski definition) is 2. The molecule has 3 nitrogen and oxygen atoms in total. The Morgan fingerprint density at radius 1 is 1.28 bits per heavy atom. The molecule has 0 amide bonds. The van der Waals surface area contributed by atoms with Gasteiger partial charge in [0.05, 0.1) is 0 Å². The second-order valence-corrected chi connectivity index (χ2v) is 4.67. The first-order chi connectivity index (χ1) is 8.54. The summed E-state index contributed by atoms with van der Waals surface area (Å²) in [6.07, 6.45) is 3.53. The topological polar surface area (TPSA) is 43.7 Å². The molecule has 1 rings (SSSR count). The Labute approximate surface area is 108 Å². The Kier molecular flexibility index (Phi) is 6.32. The quantitative estimate of drug-likeness (QED) is 0.565. The monoisotopic (exact) mass is 253 g/mol. The van der Waals surface area contributed by atoms with Crippen LogP contribution in [-0.2, 0) is 6.54 Å². The fourth-order valence-electron chi connectivity index (χ4n) is 1.91. The summed E-state index contributed by atoms with van der Waals surface area (Å²) < 4.78 is 13.3. The number of nitrogens with zero attached hydrogens (tertiary/aromatic N) is 1. The molecule has 100 valence electrons. The van der Waals surface area contributed by atoms with Crippen molar-refractivity contribution < 1.29 is 14.4 Å². The molecule has 0 aromatic heterocycles. The van der Waals surface area contributed by atoms with E-state index >= 15 is 0 Å². The highest BCUT2D eigenvalue weighted by molar-refractivity contribution is 6.58. The fourth-order valence-corrected chi connectivity index (χ4v) is 1.91. The van der Waals surface area contributed by atoms with Crippen LogP contribution in [0.4, 0.5) is 4.39 Å². The predicted octanol–water partition coefficient (Wildman–Crippen LogP) is 1.13. The SMILES string of the molecule is CCCCCN(C)Cc1ccc(F)c(B(O)O)c1. The first-order valence-corrected chi connectivity index (χ1v) is 6.37. The van der Waals surface area contributed by atoms with Gasteiger partial charge < -0.3 is 14.9 Å². The zero-order valence-electron chi connectivity index (χ0n) is 11.1. The van der Waals surface area contributed by atoms with E-state index < -0.39 is 12.9 Å². The molecule has 0 aliphatic carbocycles. The molecular weight excluding hydrogens is 232 g/mol. The van der Waals surface area contributed by atoms with Gasteiger partial charge in [0, 0.05) is 12.0 Å². The molecule has 0 bridgehead atoms. The third-order valence-corrected chi connectivity index (χ3v) is 2.93. The number of hydrogen-bond acceptors (Lipinski definition) is 3. The Morgan fingerprint density at radius 3 is 2.61 bits per heavy atom. The smallest absolute Gasteiger partial charge is 0.423 e. The molecule has 5 heteroatoms. The molecule has 2 N–H and O–H groups in total. The summed E-state index contributed by atoms with van der Waals surface area (Å²) in [5, 5.41) is 18.1. The van der Waals surface area contributed by atoms with Gasteiger partial charge in [-0.1, -0.05) is 31.9 Å². The summed E-state index contributed by atoms with van der Waals surface area (Å²) in [5.74, 6) is -0.581. The van der Waals surface area contributed by atoms with E-state index in [0.717, 1.165) is 18.5 Å². The average molecular weight is 253 g/mol. The molecular formula is C13H21BFNO2. The molecule has 0 heterocycles. The van der Waals surface area contributed by atoms with Crippen molar-refractivity contribution >= 4 is 12.6 Å². The zero-order valence-corrected chi connectivity index (χ0v) is 11.1. The van der Waals surface area contributed by atoms with Gasteiger partial charge >= 0.3 is 7.12 Å². The number of halogens is 1. The Morgan fingerprint density at radius 2 is 2.00 bits per heavy atom. The van der Waals surface area contributed by atoms with Gasteiger partial charge in [0.15, 0.2) is 0 Å². The largest absolute Gasteiger partial charge is 0.491 e. The zero-order chi connectivity index (χ0) is 13.5. The summed E-state index contributed by atoms with van der Waals surface area (Å²) in [5.41, 5.74) is 0.827. The van der Waals surface area contributed by atoms with Gasteiger partial charge in [0.25, 0.3) is 0 Å². The van der Waals surface area contributed by atoms with Crippen LogP contribution in [0.3, 0.4) is 0 Å². The standard InChI is InChI=1S/C13H21BFNO2/c1-3-4-5-8-16(2)10-11-6-7-13(15)12(9-11)14(17)18/h6-7,9,17-18H,3-5,8,10H2,1-2H3. The molecule has 18 heavy (non-hydrogen) atoms. The van der Waals surface area contributed by atoms with Gasteiger partial charge in [-0.2, -0.15) is 0 Å². The number of rotatable bonds is 7. The molecule has 0 atom stereocenters. The Bertz CT molecular complexity index is 374. The maximum absolute atomic E-state index is 13.3. The maximum atomic E-state index is 13.3. The van der Waals surface area contributed by atoms with Crippen molar-refractivity contribution in [1.82, 2.24) is 4.90 Å². The lowest BCUT2D eigenvalue weighted by atomic mass is 9.79. The van der Waals surface area contributed by atoms with E-state index in [1.165, 1.54) is 25.0 Å². The van der Waals surface area contributed by atoms with Crippen LogP contribution in [0.25, 0.3) is 0 Å². The van der Waals surface area contributed by atoms with Gasteiger partial charge in [-0.25, -0.2) is 4.39 Å². The van der Waals surface area contributed by atoms with Crippen LogP contribution in [0.1, 0.15) is 31.7 Å². The molecule has 0 spiro atoms. The van der Waals surface area contributed by atoms with Crippen LogP contribution in [0.5, 0.6) is 0 Å². The summed E-state index contributed by atoms with van der Waals surface area (Å²) in [4.78, 5) is 2.15. The molecule has 0 saturated carbocycles. The summed E-state index contributed by atoms with van der Waals surface area (Å²) in [7, 11) is 0.254. The lowest BCUT2D eigenvalue weighted by molar-refractivity contribution is 0.318. The van der Waals surface area contributed by atoms with Gasteiger partial charge in [-0.3, -0.25) is 0 Å². The molecule has 0 aliphatic heterocycles. The maximum Gasteiger partial charge on any atom is 0.491 e. The third kappa shape index (κ3) is 4.76. The molecule has 0 aliphatic rings. The molecule has 0 radical (unpaired) electrons. The Hall–Kier alpha value is -0.905. The Balaban J connectivity index is 2.59. The van der Waals surface area contributed by atoms with Crippen molar-refractivity contribution in [2.75, 3.05) is 13.6 Å². The van der Waals surface area contributed by atoms with E-state index in [4.69, 9.17) is 10.0 Å². The van der Waals surface area contributed by atoms with Crippen molar-refractivity contribution in [3.63, 3.8) is 0 Å². The van der Waals surface area contributed by atoms with Crippen LogP contribution in [0.15, 0.2) is 18.2 Å². The van der Waals surface area contributed by atoms with E-state index in [9.17, 15) is 4.39 Å². The minimum Gasteiger partial charge on any atom is -0.423 e. The first kappa shape index (κ1) is 15.2. The van der Waals surface area contributed by atoms with E-state index in [0.29, 0.717) is 6.54 Å². The number of benzene rings is 1.